The van der Waals surface area contributed by atoms with Crippen LogP contribution in [0.15, 0.2) is 29.4 Å². The molecular weight excluding hydrogens is 176 g/mol. The second kappa shape index (κ2) is 2.82. The van der Waals surface area contributed by atoms with Gasteiger partial charge in [-0.25, -0.2) is 0 Å². The van der Waals surface area contributed by atoms with Crippen LogP contribution in [0.3, 0.4) is 0 Å². The third-order valence-corrected chi connectivity index (χ3v) is 2.83. The van der Waals surface area contributed by atoms with Gasteiger partial charge in [0.2, 0.25) is 0 Å². The standard InChI is InChI=1S/C11H12N2O/c1-7-8-4-2-3-5-9(8)10-6-11(14-10)13-12-7/h2-5,10-11,13H,6H2,1H3. The summed E-state index contributed by atoms with van der Waals surface area (Å²) in [5.74, 6) is 0. The van der Waals surface area contributed by atoms with Crippen LogP contribution in [-0.2, 0) is 4.74 Å². The zero-order valence-electron chi connectivity index (χ0n) is 8.03. The lowest BCUT2D eigenvalue weighted by Gasteiger charge is -2.38. The number of hydrogen-bond acceptors (Lipinski definition) is 3. The fraction of sp³-hybridized carbons (Fsp3) is 0.364. The fourth-order valence-electron chi connectivity index (χ4n) is 2.00. The molecule has 1 saturated heterocycles. The average Bonchev–Trinajstić information content (AvgIpc) is 2.12. The van der Waals surface area contributed by atoms with Crippen LogP contribution in [0.4, 0.5) is 0 Å². The van der Waals surface area contributed by atoms with Gasteiger partial charge in [0, 0.05) is 12.0 Å². The monoisotopic (exact) mass is 188 g/mol. The number of nitrogens with one attached hydrogen (secondary N) is 1. The van der Waals surface area contributed by atoms with E-state index in [0.717, 1.165) is 12.1 Å². The van der Waals surface area contributed by atoms with Crippen LogP contribution in [0.1, 0.15) is 30.6 Å². The first-order valence-electron chi connectivity index (χ1n) is 4.89. The molecule has 2 atom stereocenters. The Kier molecular flexibility index (Phi) is 1.61. The third-order valence-electron chi connectivity index (χ3n) is 2.83. The maximum Gasteiger partial charge on any atom is 0.146 e. The topological polar surface area (TPSA) is 33.6 Å². The first kappa shape index (κ1) is 8.00. The van der Waals surface area contributed by atoms with Gasteiger partial charge in [0.25, 0.3) is 0 Å². The molecule has 2 unspecified atom stereocenters. The van der Waals surface area contributed by atoms with Crippen molar-refractivity contribution in [1.82, 2.24) is 5.43 Å². The molecule has 1 aromatic carbocycles. The zero-order valence-corrected chi connectivity index (χ0v) is 8.03. The lowest BCUT2D eigenvalue weighted by atomic mass is 9.93. The lowest BCUT2D eigenvalue weighted by molar-refractivity contribution is -0.143. The number of fused-ring (bicyclic) bond motifs is 1. The Morgan fingerprint density at radius 1 is 1.43 bits per heavy atom. The van der Waals surface area contributed by atoms with Crippen LogP contribution in [0.5, 0.6) is 0 Å². The van der Waals surface area contributed by atoms with Crippen LogP contribution >= 0.6 is 0 Å². The molecule has 1 N–H and O–H groups in total. The van der Waals surface area contributed by atoms with Gasteiger partial charge in [0.15, 0.2) is 0 Å². The van der Waals surface area contributed by atoms with Crippen molar-refractivity contribution in [2.24, 2.45) is 5.10 Å². The first-order valence-corrected chi connectivity index (χ1v) is 4.89. The van der Waals surface area contributed by atoms with E-state index in [1.54, 1.807) is 0 Å². The van der Waals surface area contributed by atoms with E-state index in [4.69, 9.17) is 4.74 Å². The summed E-state index contributed by atoms with van der Waals surface area (Å²) in [5.41, 5.74) is 6.51. The zero-order chi connectivity index (χ0) is 9.54. The SMILES string of the molecule is CC1=NNC2CC(O2)c2ccccc21. The van der Waals surface area contributed by atoms with Gasteiger partial charge in [-0.2, -0.15) is 5.10 Å². The molecule has 3 nitrogen and oxygen atoms in total. The minimum atomic E-state index is 0.114. The highest BCUT2D eigenvalue weighted by molar-refractivity contribution is 6.00. The molecule has 3 heterocycles. The van der Waals surface area contributed by atoms with Gasteiger partial charge < -0.3 is 4.74 Å². The van der Waals surface area contributed by atoms with Crippen LogP contribution in [0.2, 0.25) is 0 Å². The molecule has 3 aliphatic rings. The molecule has 0 aliphatic carbocycles. The molecule has 0 spiro atoms. The highest BCUT2D eigenvalue weighted by Gasteiger charge is 2.34. The maximum absolute atomic E-state index is 5.64. The molecule has 0 aromatic heterocycles. The van der Waals surface area contributed by atoms with Crippen molar-refractivity contribution in [1.29, 1.82) is 0 Å². The van der Waals surface area contributed by atoms with E-state index >= 15 is 0 Å². The Balaban J connectivity index is 2.14. The smallest absolute Gasteiger partial charge is 0.146 e. The Morgan fingerprint density at radius 2 is 2.21 bits per heavy atom. The van der Waals surface area contributed by atoms with Gasteiger partial charge in [-0.05, 0) is 12.5 Å². The van der Waals surface area contributed by atoms with Gasteiger partial charge in [-0.15, -0.1) is 0 Å². The second-order valence-electron chi connectivity index (χ2n) is 3.76. The third kappa shape index (κ3) is 1.06. The van der Waals surface area contributed by atoms with E-state index in [2.05, 4.69) is 28.7 Å². The summed E-state index contributed by atoms with van der Waals surface area (Å²) in [7, 11) is 0. The van der Waals surface area contributed by atoms with E-state index in [9.17, 15) is 0 Å². The molecule has 1 aromatic rings. The molecule has 2 bridgehead atoms. The van der Waals surface area contributed by atoms with E-state index in [-0.39, 0.29) is 12.3 Å². The molecule has 0 radical (unpaired) electrons. The second-order valence-corrected chi connectivity index (χ2v) is 3.76. The molecule has 3 aliphatic heterocycles. The molecule has 72 valence electrons. The van der Waals surface area contributed by atoms with Crippen molar-refractivity contribution in [3.8, 4) is 0 Å². The number of nitrogens with zero attached hydrogens (tertiary/aromatic N) is 1. The summed E-state index contributed by atoms with van der Waals surface area (Å²) < 4.78 is 5.64. The highest BCUT2D eigenvalue weighted by atomic mass is 16.5. The lowest BCUT2D eigenvalue weighted by Crippen LogP contribution is -2.42. The van der Waals surface area contributed by atoms with Gasteiger partial charge in [-0.3, -0.25) is 5.43 Å². The highest BCUT2D eigenvalue weighted by Crippen LogP contribution is 2.36. The predicted octanol–water partition coefficient (Wildman–Crippen LogP) is 1.80. The first-order chi connectivity index (χ1) is 6.84. The maximum atomic E-state index is 5.64. The minimum absolute atomic E-state index is 0.114. The minimum Gasteiger partial charge on any atom is -0.349 e. The van der Waals surface area contributed by atoms with E-state index in [1.165, 1.54) is 11.1 Å². The van der Waals surface area contributed by atoms with Crippen LogP contribution < -0.4 is 5.43 Å². The van der Waals surface area contributed by atoms with Crippen molar-refractivity contribution in [3.05, 3.63) is 35.4 Å². The number of hydrogen-bond donors (Lipinski definition) is 1. The molecule has 4 rings (SSSR count). The van der Waals surface area contributed by atoms with Crippen molar-refractivity contribution in [2.75, 3.05) is 0 Å². The van der Waals surface area contributed by atoms with Crippen molar-refractivity contribution in [3.63, 3.8) is 0 Å². The predicted molar refractivity (Wildman–Crippen MR) is 54.0 cm³/mol. The molecule has 0 saturated carbocycles. The number of hydrazone groups is 1. The number of rotatable bonds is 0. The van der Waals surface area contributed by atoms with E-state index < -0.39 is 0 Å². The van der Waals surface area contributed by atoms with Gasteiger partial charge in [0.05, 0.1) is 11.8 Å². The Bertz CT molecular complexity index is 394. The summed E-state index contributed by atoms with van der Waals surface area (Å²) in [5, 5.41) is 4.29. The van der Waals surface area contributed by atoms with Crippen LogP contribution in [-0.4, -0.2) is 11.9 Å². The average molecular weight is 188 g/mol. The molecule has 3 heteroatoms. The molecule has 1 fully saturated rings. The largest absolute Gasteiger partial charge is 0.349 e. The van der Waals surface area contributed by atoms with Gasteiger partial charge in [0.1, 0.15) is 6.23 Å². The Morgan fingerprint density at radius 3 is 3.07 bits per heavy atom. The summed E-state index contributed by atoms with van der Waals surface area (Å²) in [6, 6.07) is 8.31. The van der Waals surface area contributed by atoms with Crippen LogP contribution in [0, 0.1) is 0 Å². The normalized spacial score (nSPS) is 28.8. The summed E-state index contributed by atoms with van der Waals surface area (Å²) >= 11 is 0. The summed E-state index contributed by atoms with van der Waals surface area (Å²) in [4.78, 5) is 0. The molecule has 14 heavy (non-hydrogen) atoms. The van der Waals surface area contributed by atoms with Crippen molar-refractivity contribution in [2.45, 2.75) is 25.7 Å². The Labute approximate surface area is 82.8 Å². The van der Waals surface area contributed by atoms with E-state index in [0.29, 0.717) is 0 Å². The summed E-state index contributed by atoms with van der Waals surface area (Å²) in [6.45, 7) is 2.02. The van der Waals surface area contributed by atoms with Crippen molar-refractivity contribution >= 4 is 5.71 Å². The Hall–Kier alpha value is -1.35. The van der Waals surface area contributed by atoms with Crippen molar-refractivity contribution < 1.29 is 4.74 Å². The van der Waals surface area contributed by atoms with Gasteiger partial charge >= 0.3 is 0 Å². The van der Waals surface area contributed by atoms with E-state index in [1.807, 2.05) is 13.0 Å². The molecular formula is C11H12N2O. The van der Waals surface area contributed by atoms with Gasteiger partial charge in [-0.1, -0.05) is 24.3 Å². The summed E-state index contributed by atoms with van der Waals surface area (Å²) in [6.07, 6.45) is 1.39. The fourth-order valence-corrected chi connectivity index (χ4v) is 2.00. The number of benzene rings is 1. The quantitative estimate of drug-likeness (QED) is 0.673. The molecule has 0 amide bonds. The van der Waals surface area contributed by atoms with Crippen LogP contribution in [0.25, 0.3) is 0 Å². The number of ether oxygens (including phenoxy) is 1.